The van der Waals surface area contributed by atoms with E-state index in [9.17, 15) is 23.1 Å². The highest BCUT2D eigenvalue weighted by molar-refractivity contribution is 6.46. The van der Waals surface area contributed by atoms with E-state index in [2.05, 4.69) is 20.1 Å². The monoisotopic (exact) mass is 522 g/mol. The molecule has 1 aliphatic heterocycles. The molecule has 3 rings (SSSR count). The highest BCUT2D eigenvalue weighted by atomic mass is 19.4. The first-order chi connectivity index (χ1) is 17.1. The van der Waals surface area contributed by atoms with E-state index in [4.69, 9.17) is 4.65 Å². The SMILES string of the molecule is CN=CCC1(n2cc([B]OC(C)(C)C(C)(C)O)cn2)CN(c2cnc(C(=O)NC(C)C(F)(F)F)cn2)C1. The molecule has 1 aliphatic rings. The van der Waals surface area contributed by atoms with Gasteiger partial charge in [-0.25, -0.2) is 9.97 Å². The van der Waals surface area contributed by atoms with Crippen LogP contribution in [0.25, 0.3) is 0 Å². The fourth-order valence-electron chi connectivity index (χ4n) is 3.43. The van der Waals surface area contributed by atoms with Crippen molar-refractivity contribution in [3.8, 4) is 0 Å². The Bertz CT molecular complexity index is 1110. The average molecular weight is 522 g/mol. The number of anilines is 1. The predicted octanol–water partition coefficient (Wildman–Crippen LogP) is 1.47. The summed E-state index contributed by atoms with van der Waals surface area (Å²) >= 11 is 0. The van der Waals surface area contributed by atoms with E-state index >= 15 is 0 Å². The molecule has 14 heteroatoms. The van der Waals surface area contributed by atoms with Crippen molar-refractivity contribution in [3.63, 3.8) is 0 Å². The van der Waals surface area contributed by atoms with Gasteiger partial charge in [0, 0.05) is 45.2 Å². The summed E-state index contributed by atoms with van der Waals surface area (Å²) in [6.07, 6.45) is 3.89. The molecule has 1 unspecified atom stereocenters. The Morgan fingerprint density at radius 3 is 2.49 bits per heavy atom. The van der Waals surface area contributed by atoms with Gasteiger partial charge < -0.3 is 25.0 Å². The van der Waals surface area contributed by atoms with Crippen molar-refractivity contribution < 1.29 is 27.7 Å². The lowest BCUT2D eigenvalue weighted by atomic mass is 9.83. The van der Waals surface area contributed by atoms with Gasteiger partial charge in [-0.15, -0.1) is 0 Å². The van der Waals surface area contributed by atoms with Crippen LogP contribution >= 0.6 is 0 Å². The van der Waals surface area contributed by atoms with Gasteiger partial charge in [-0.3, -0.25) is 9.48 Å². The Hall–Kier alpha value is -3.00. The smallest absolute Gasteiger partial charge is 0.408 e. The largest absolute Gasteiger partial charge is 0.427 e. The number of nitrogens with one attached hydrogen (secondary N) is 1. The second-order valence-electron chi connectivity index (χ2n) is 10.2. The third kappa shape index (κ3) is 6.47. The second-order valence-corrected chi connectivity index (χ2v) is 10.2. The van der Waals surface area contributed by atoms with E-state index < -0.39 is 34.9 Å². The number of alkyl halides is 3. The van der Waals surface area contributed by atoms with E-state index in [0.29, 0.717) is 25.3 Å². The van der Waals surface area contributed by atoms with Gasteiger partial charge in [-0.2, -0.15) is 18.3 Å². The van der Waals surface area contributed by atoms with Crippen LogP contribution in [0.2, 0.25) is 0 Å². The summed E-state index contributed by atoms with van der Waals surface area (Å²) in [4.78, 5) is 26.3. The standard InChI is InChI=1S/C23H32BF3N7O3/c1-15(23(25,26)27)32-19(35)17-10-30-18(11-29-17)33-13-22(14-33,7-8-28-6)34-12-16(9-31-34)24-37-21(4,5)20(2,3)36/h8-12,15,36H,7,13-14H2,1-6H3,(H,32,35). The first-order valence-corrected chi connectivity index (χ1v) is 11.7. The van der Waals surface area contributed by atoms with Crippen LogP contribution in [0.4, 0.5) is 19.0 Å². The van der Waals surface area contributed by atoms with Gasteiger partial charge in [-0.05, 0) is 40.1 Å². The molecule has 2 N–H and O–H groups in total. The van der Waals surface area contributed by atoms with Gasteiger partial charge in [0.2, 0.25) is 0 Å². The van der Waals surface area contributed by atoms with E-state index in [1.54, 1.807) is 54.6 Å². The topological polar surface area (TPSA) is 118 Å². The molecule has 0 aliphatic carbocycles. The zero-order chi connectivity index (χ0) is 27.6. The number of hydrogen-bond donors (Lipinski definition) is 2. The number of aromatic nitrogens is 4. The molecule has 1 radical (unpaired) electrons. The molecular weight excluding hydrogens is 490 g/mol. The number of nitrogens with zero attached hydrogens (tertiary/aromatic N) is 6. The molecule has 0 aromatic carbocycles. The zero-order valence-electron chi connectivity index (χ0n) is 21.7. The van der Waals surface area contributed by atoms with E-state index in [1.165, 1.54) is 6.20 Å². The van der Waals surface area contributed by atoms with Crippen LogP contribution in [0.3, 0.4) is 0 Å². The van der Waals surface area contributed by atoms with Crippen molar-refractivity contribution in [1.29, 1.82) is 0 Å². The van der Waals surface area contributed by atoms with Gasteiger partial charge >= 0.3 is 13.7 Å². The van der Waals surface area contributed by atoms with Crippen LogP contribution < -0.4 is 15.7 Å². The van der Waals surface area contributed by atoms with Crippen LogP contribution in [-0.2, 0) is 10.2 Å². The third-order valence-electron chi connectivity index (χ3n) is 6.71. The quantitative estimate of drug-likeness (QED) is 0.359. The number of hydrogen-bond acceptors (Lipinski definition) is 8. The second kappa shape index (κ2) is 10.4. The highest BCUT2D eigenvalue weighted by Crippen LogP contribution is 2.34. The summed E-state index contributed by atoms with van der Waals surface area (Å²) in [6.45, 7) is 8.84. The summed E-state index contributed by atoms with van der Waals surface area (Å²) in [5.41, 5.74) is -1.77. The molecule has 0 saturated carbocycles. The molecule has 37 heavy (non-hydrogen) atoms. The molecule has 201 valence electrons. The minimum Gasteiger partial charge on any atom is -0.427 e. The van der Waals surface area contributed by atoms with Crippen LogP contribution in [-0.4, -0.2) is 88.0 Å². The maximum atomic E-state index is 12.7. The number of carbonyl (C=O) groups is 1. The Morgan fingerprint density at radius 1 is 1.27 bits per heavy atom. The number of rotatable bonds is 10. The van der Waals surface area contributed by atoms with Gasteiger partial charge in [-0.1, -0.05) is 0 Å². The molecular formula is C23H32BF3N7O3. The molecule has 3 heterocycles. The Kier molecular flexibility index (Phi) is 8.03. The molecule has 1 fully saturated rings. The zero-order valence-corrected chi connectivity index (χ0v) is 21.7. The molecule has 0 spiro atoms. The molecule has 1 saturated heterocycles. The van der Waals surface area contributed by atoms with Gasteiger partial charge in [0.05, 0.1) is 23.6 Å². The fourth-order valence-corrected chi connectivity index (χ4v) is 3.43. The van der Waals surface area contributed by atoms with Gasteiger partial charge in [0.15, 0.2) is 0 Å². The van der Waals surface area contributed by atoms with Crippen molar-refractivity contribution in [2.75, 3.05) is 25.0 Å². The van der Waals surface area contributed by atoms with Crippen molar-refractivity contribution >= 4 is 30.9 Å². The number of aliphatic hydroxyl groups is 1. The van der Waals surface area contributed by atoms with Crippen LogP contribution in [0, 0.1) is 0 Å². The van der Waals surface area contributed by atoms with E-state index in [0.717, 1.165) is 18.6 Å². The van der Waals surface area contributed by atoms with Crippen LogP contribution in [0.1, 0.15) is 51.5 Å². The lowest BCUT2D eigenvalue weighted by Gasteiger charge is -2.50. The minimum atomic E-state index is -4.55. The van der Waals surface area contributed by atoms with Crippen molar-refractivity contribution in [3.05, 3.63) is 30.5 Å². The lowest BCUT2D eigenvalue weighted by Crippen LogP contribution is -2.63. The molecule has 1 atom stereocenters. The Balaban J connectivity index is 1.67. The molecule has 10 nitrogen and oxygen atoms in total. The third-order valence-corrected chi connectivity index (χ3v) is 6.71. The Morgan fingerprint density at radius 2 is 1.95 bits per heavy atom. The first-order valence-electron chi connectivity index (χ1n) is 11.7. The lowest BCUT2D eigenvalue weighted by molar-refractivity contribution is -0.149. The number of amides is 1. The molecule has 2 aromatic rings. The van der Waals surface area contributed by atoms with Crippen molar-refractivity contribution in [2.24, 2.45) is 4.99 Å². The maximum Gasteiger partial charge on any atom is 0.408 e. The van der Waals surface area contributed by atoms with E-state index in [1.807, 2.05) is 21.1 Å². The fraction of sp³-hybridized carbons (Fsp3) is 0.609. The molecule has 0 bridgehead atoms. The molecule has 2 aromatic heterocycles. The number of carbonyl (C=O) groups excluding carboxylic acids is 1. The normalized spacial score (nSPS) is 17.0. The van der Waals surface area contributed by atoms with Crippen molar-refractivity contribution in [1.82, 2.24) is 25.1 Å². The maximum absolute atomic E-state index is 12.7. The highest BCUT2D eigenvalue weighted by Gasteiger charge is 2.46. The first kappa shape index (κ1) is 28.6. The van der Waals surface area contributed by atoms with Gasteiger partial charge in [0.25, 0.3) is 5.91 Å². The number of halogens is 3. The summed E-state index contributed by atoms with van der Waals surface area (Å²) in [6, 6.07) is -2.00. The van der Waals surface area contributed by atoms with Crippen LogP contribution in [0.5, 0.6) is 0 Å². The summed E-state index contributed by atoms with van der Waals surface area (Å²) in [7, 11) is 3.25. The predicted molar refractivity (Wildman–Crippen MR) is 133 cm³/mol. The van der Waals surface area contributed by atoms with Gasteiger partial charge in [0.1, 0.15) is 23.1 Å². The summed E-state index contributed by atoms with van der Waals surface area (Å²) in [5.74, 6) is -0.463. The summed E-state index contributed by atoms with van der Waals surface area (Å²) < 4.78 is 45.8. The molecule has 1 amide bonds. The Labute approximate surface area is 214 Å². The summed E-state index contributed by atoms with van der Waals surface area (Å²) in [5, 5.41) is 16.7. The average Bonchev–Trinajstić information content (AvgIpc) is 3.25. The minimum absolute atomic E-state index is 0.203. The van der Waals surface area contributed by atoms with Crippen LogP contribution in [0.15, 0.2) is 29.8 Å². The number of aliphatic imine (C=N–C) groups is 1. The van der Waals surface area contributed by atoms with Crippen molar-refractivity contribution in [2.45, 2.75) is 70.0 Å². The van der Waals surface area contributed by atoms with E-state index in [-0.39, 0.29) is 5.69 Å².